The second kappa shape index (κ2) is 5.54. The molecule has 0 unspecified atom stereocenters. The molecular weight excluding hydrogens is 373 g/mol. The van der Waals surface area contributed by atoms with Gasteiger partial charge in [0.2, 0.25) is 0 Å². The van der Waals surface area contributed by atoms with Crippen LogP contribution in [0, 0.1) is 0 Å². The Morgan fingerprint density at radius 1 is 1.25 bits per heavy atom. The van der Waals surface area contributed by atoms with Gasteiger partial charge in [-0.25, -0.2) is 0 Å². The first-order valence-electron chi connectivity index (χ1n) is 4.57. The Kier molecular flexibility index (Phi) is 4.30. The topological polar surface area (TPSA) is 12.0 Å². The summed E-state index contributed by atoms with van der Waals surface area (Å²) in [5.41, 5.74) is 2.28. The number of rotatable bonds is 3. The lowest BCUT2D eigenvalue weighted by molar-refractivity contribution is 1.16. The third-order valence-electron chi connectivity index (χ3n) is 2.04. The van der Waals surface area contributed by atoms with Crippen LogP contribution in [0.1, 0.15) is 5.56 Å². The molecule has 1 heterocycles. The van der Waals surface area contributed by atoms with Gasteiger partial charge in [-0.3, -0.25) is 0 Å². The van der Waals surface area contributed by atoms with E-state index in [-0.39, 0.29) is 0 Å². The molecule has 5 heteroatoms. The Bertz CT molecular complexity index is 498. The van der Waals surface area contributed by atoms with E-state index in [2.05, 4.69) is 48.6 Å². The minimum atomic E-state index is 0.719. The molecule has 1 aromatic carbocycles. The first-order chi connectivity index (χ1) is 7.65. The fourth-order valence-corrected chi connectivity index (χ4v) is 2.89. The molecule has 0 bridgehead atoms. The predicted octanol–water partition coefficient (Wildman–Crippen LogP) is 5.54. The Morgan fingerprint density at radius 3 is 2.69 bits per heavy atom. The van der Waals surface area contributed by atoms with Crippen LogP contribution in [-0.4, -0.2) is 0 Å². The van der Waals surface area contributed by atoms with E-state index in [1.807, 2.05) is 18.2 Å². The van der Waals surface area contributed by atoms with Crippen LogP contribution in [-0.2, 0) is 6.54 Å². The van der Waals surface area contributed by atoms with Crippen molar-refractivity contribution >= 4 is 60.5 Å². The quantitative estimate of drug-likeness (QED) is 0.736. The van der Waals surface area contributed by atoms with E-state index in [9.17, 15) is 0 Å². The summed E-state index contributed by atoms with van der Waals surface area (Å²) in [5, 5.41) is 6.16. The molecule has 0 aliphatic carbocycles. The molecule has 0 spiro atoms. The van der Waals surface area contributed by atoms with Gasteiger partial charge in [0.05, 0.1) is 8.81 Å². The first kappa shape index (κ1) is 12.4. The summed E-state index contributed by atoms with van der Waals surface area (Å²) in [4.78, 5) is 0. The van der Waals surface area contributed by atoms with Crippen molar-refractivity contribution in [2.75, 3.05) is 5.32 Å². The normalized spacial score (nSPS) is 10.4. The van der Waals surface area contributed by atoms with E-state index < -0.39 is 0 Å². The molecule has 0 aliphatic heterocycles. The Balaban J connectivity index is 2.02. The van der Waals surface area contributed by atoms with Crippen LogP contribution in [0.5, 0.6) is 0 Å². The molecule has 1 N–H and O–H groups in total. The average Bonchev–Trinajstić information content (AvgIpc) is 2.66. The molecule has 0 saturated carbocycles. The highest BCUT2D eigenvalue weighted by Gasteiger charge is 2.00. The van der Waals surface area contributed by atoms with Crippen molar-refractivity contribution in [2.24, 2.45) is 0 Å². The van der Waals surface area contributed by atoms with Crippen LogP contribution in [0.4, 0.5) is 5.69 Å². The molecular formula is C11H8Br2ClNS. The summed E-state index contributed by atoms with van der Waals surface area (Å²) in [6.45, 7) is 0.806. The number of halogens is 3. The second-order valence-electron chi connectivity index (χ2n) is 3.24. The average molecular weight is 382 g/mol. The number of benzene rings is 1. The molecule has 0 saturated heterocycles. The number of thiophene rings is 1. The maximum absolute atomic E-state index is 6.01. The summed E-state index contributed by atoms with van der Waals surface area (Å²) in [6, 6.07) is 7.96. The molecule has 0 amide bonds. The minimum Gasteiger partial charge on any atom is -0.381 e. The van der Waals surface area contributed by atoms with E-state index in [1.54, 1.807) is 11.3 Å². The molecule has 1 nitrogen and oxygen atoms in total. The van der Waals surface area contributed by atoms with Crippen LogP contribution >= 0.6 is 54.8 Å². The Hall–Kier alpha value is -0.0300. The van der Waals surface area contributed by atoms with Crippen molar-refractivity contribution in [3.63, 3.8) is 0 Å². The van der Waals surface area contributed by atoms with Gasteiger partial charge in [-0.05, 0) is 67.1 Å². The number of nitrogens with one attached hydrogen (secondary N) is 1. The van der Waals surface area contributed by atoms with Crippen LogP contribution < -0.4 is 5.32 Å². The van der Waals surface area contributed by atoms with Crippen LogP contribution in [0.15, 0.2) is 37.9 Å². The summed E-state index contributed by atoms with van der Waals surface area (Å²) in [7, 11) is 0. The van der Waals surface area contributed by atoms with E-state index in [0.29, 0.717) is 0 Å². The lowest BCUT2D eigenvalue weighted by atomic mass is 10.3. The highest BCUT2D eigenvalue weighted by atomic mass is 79.9. The maximum Gasteiger partial charge on any atom is 0.0701 e. The van der Waals surface area contributed by atoms with Crippen molar-refractivity contribution in [1.82, 2.24) is 0 Å². The van der Waals surface area contributed by atoms with Gasteiger partial charge < -0.3 is 5.32 Å². The molecule has 0 fully saturated rings. The van der Waals surface area contributed by atoms with Gasteiger partial charge >= 0.3 is 0 Å². The van der Waals surface area contributed by atoms with E-state index in [4.69, 9.17) is 11.6 Å². The first-order valence-corrected chi connectivity index (χ1v) is 7.41. The SMILES string of the molecule is Clc1cc(NCc2csc(Br)c2)ccc1Br. The van der Waals surface area contributed by atoms with Gasteiger partial charge in [0.15, 0.2) is 0 Å². The monoisotopic (exact) mass is 379 g/mol. The fourth-order valence-electron chi connectivity index (χ4n) is 1.25. The molecule has 0 aliphatic rings. The Morgan fingerprint density at radius 2 is 2.06 bits per heavy atom. The van der Waals surface area contributed by atoms with Crippen molar-refractivity contribution in [2.45, 2.75) is 6.54 Å². The van der Waals surface area contributed by atoms with Gasteiger partial charge in [-0.15, -0.1) is 11.3 Å². The maximum atomic E-state index is 6.01. The molecule has 2 aromatic rings. The van der Waals surface area contributed by atoms with Gasteiger partial charge in [0, 0.05) is 16.7 Å². The van der Waals surface area contributed by atoms with Crippen molar-refractivity contribution in [1.29, 1.82) is 0 Å². The largest absolute Gasteiger partial charge is 0.381 e. The van der Waals surface area contributed by atoms with E-state index in [0.717, 1.165) is 25.5 Å². The molecule has 0 atom stereocenters. The zero-order valence-corrected chi connectivity index (χ0v) is 12.9. The van der Waals surface area contributed by atoms with Gasteiger partial charge in [-0.2, -0.15) is 0 Å². The van der Waals surface area contributed by atoms with E-state index in [1.165, 1.54) is 5.56 Å². The van der Waals surface area contributed by atoms with E-state index >= 15 is 0 Å². The lowest BCUT2D eigenvalue weighted by Gasteiger charge is -2.06. The van der Waals surface area contributed by atoms with Gasteiger partial charge in [0.1, 0.15) is 0 Å². The third-order valence-corrected chi connectivity index (χ3v) is 4.82. The minimum absolute atomic E-state index is 0.719. The van der Waals surface area contributed by atoms with Crippen LogP contribution in [0.3, 0.4) is 0 Å². The lowest BCUT2D eigenvalue weighted by Crippen LogP contribution is -1.97. The smallest absolute Gasteiger partial charge is 0.0701 e. The fraction of sp³-hybridized carbons (Fsp3) is 0.0909. The van der Waals surface area contributed by atoms with Gasteiger partial charge in [0.25, 0.3) is 0 Å². The zero-order valence-electron chi connectivity index (χ0n) is 8.14. The zero-order chi connectivity index (χ0) is 11.5. The summed E-state index contributed by atoms with van der Waals surface area (Å²) < 4.78 is 2.07. The highest BCUT2D eigenvalue weighted by Crippen LogP contribution is 2.26. The van der Waals surface area contributed by atoms with Crippen molar-refractivity contribution in [3.05, 3.63) is 48.5 Å². The number of anilines is 1. The standard InChI is InChI=1S/C11H8Br2ClNS/c12-9-2-1-8(4-10(9)14)15-5-7-3-11(13)16-6-7/h1-4,6,15H,5H2. The molecule has 84 valence electrons. The molecule has 16 heavy (non-hydrogen) atoms. The van der Waals surface area contributed by atoms with Crippen LogP contribution in [0.2, 0.25) is 5.02 Å². The predicted molar refractivity (Wildman–Crippen MR) is 78.5 cm³/mol. The van der Waals surface area contributed by atoms with Crippen molar-refractivity contribution < 1.29 is 0 Å². The second-order valence-corrected chi connectivity index (χ2v) is 6.79. The third kappa shape index (κ3) is 3.23. The summed E-state index contributed by atoms with van der Waals surface area (Å²) in [6.07, 6.45) is 0. The number of hydrogen-bond acceptors (Lipinski definition) is 2. The Labute approximate surface area is 120 Å². The summed E-state index contributed by atoms with van der Waals surface area (Å²) >= 11 is 14.5. The van der Waals surface area contributed by atoms with Gasteiger partial charge in [-0.1, -0.05) is 11.6 Å². The highest BCUT2D eigenvalue weighted by molar-refractivity contribution is 9.11. The molecule has 0 radical (unpaired) electrons. The molecule has 1 aromatic heterocycles. The van der Waals surface area contributed by atoms with Crippen LogP contribution in [0.25, 0.3) is 0 Å². The summed E-state index contributed by atoms with van der Waals surface area (Å²) in [5.74, 6) is 0. The van der Waals surface area contributed by atoms with Crippen molar-refractivity contribution in [3.8, 4) is 0 Å². The molecule has 2 rings (SSSR count). The number of hydrogen-bond donors (Lipinski definition) is 1.